The number of amides is 1. The summed E-state index contributed by atoms with van der Waals surface area (Å²) in [5, 5.41) is 14.9. The molecule has 1 atom stereocenters. The number of aryl methyl sites for hydroxylation is 1. The molecule has 0 spiro atoms. The summed E-state index contributed by atoms with van der Waals surface area (Å²) < 4.78 is 10.9. The molecule has 0 unspecified atom stereocenters. The minimum atomic E-state index is -1.02. The van der Waals surface area contributed by atoms with Gasteiger partial charge in [0, 0.05) is 18.4 Å². The van der Waals surface area contributed by atoms with E-state index < -0.39 is 12.0 Å². The van der Waals surface area contributed by atoms with Gasteiger partial charge in [0.15, 0.2) is 11.5 Å². The molecule has 0 bridgehead atoms. The number of hydrazone groups is 1. The van der Waals surface area contributed by atoms with E-state index in [4.69, 9.17) is 14.6 Å². The van der Waals surface area contributed by atoms with E-state index >= 15 is 0 Å². The lowest BCUT2D eigenvalue weighted by atomic mass is 9.96. The van der Waals surface area contributed by atoms with Crippen LogP contribution < -0.4 is 9.47 Å². The van der Waals surface area contributed by atoms with E-state index in [9.17, 15) is 9.59 Å². The molecule has 1 amide bonds. The van der Waals surface area contributed by atoms with Crippen molar-refractivity contribution in [2.24, 2.45) is 5.10 Å². The molecular weight excluding hydrogens is 372 g/mol. The summed E-state index contributed by atoms with van der Waals surface area (Å²) in [4.78, 5) is 23.7. The number of carboxylic acid groups (broad SMARTS) is 1. The summed E-state index contributed by atoms with van der Waals surface area (Å²) in [6.07, 6.45) is 0.126. The van der Waals surface area contributed by atoms with Gasteiger partial charge in [-0.3, -0.25) is 9.59 Å². The van der Waals surface area contributed by atoms with Crippen molar-refractivity contribution in [1.82, 2.24) is 5.01 Å². The summed E-state index contributed by atoms with van der Waals surface area (Å²) in [5.41, 5.74) is 3.59. The van der Waals surface area contributed by atoms with Gasteiger partial charge in [0.25, 0.3) is 0 Å². The van der Waals surface area contributed by atoms with E-state index in [1.54, 1.807) is 20.3 Å². The van der Waals surface area contributed by atoms with Gasteiger partial charge in [0.2, 0.25) is 5.91 Å². The van der Waals surface area contributed by atoms with Crippen LogP contribution in [0.4, 0.5) is 0 Å². The van der Waals surface area contributed by atoms with Gasteiger partial charge < -0.3 is 14.6 Å². The number of aliphatic carboxylic acids is 1. The fraction of sp³-hybridized carbons (Fsp3) is 0.318. The summed E-state index contributed by atoms with van der Waals surface area (Å²) in [6, 6.07) is 13.0. The highest BCUT2D eigenvalue weighted by molar-refractivity contribution is 6.03. The number of hydrogen-bond acceptors (Lipinski definition) is 5. The van der Waals surface area contributed by atoms with Crippen LogP contribution >= 0.6 is 0 Å². The number of methoxy groups -OCH3 is 2. The summed E-state index contributed by atoms with van der Waals surface area (Å²) >= 11 is 0. The highest BCUT2D eigenvalue weighted by Crippen LogP contribution is 2.41. The molecule has 2 aromatic carbocycles. The first-order valence-corrected chi connectivity index (χ1v) is 9.33. The molecule has 0 saturated heterocycles. The van der Waals surface area contributed by atoms with Gasteiger partial charge in [-0.1, -0.05) is 42.0 Å². The minimum absolute atomic E-state index is 0.122. The van der Waals surface area contributed by atoms with Gasteiger partial charge in [-0.05, 0) is 18.6 Å². The van der Waals surface area contributed by atoms with E-state index in [-0.39, 0.29) is 18.7 Å². The molecule has 3 rings (SSSR count). The maximum atomic E-state index is 12.8. The molecule has 1 aliphatic heterocycles. The van der Waals surface area contributed by atoms with Gasteiger partial charge in [-0.15, -0.1) is 0 Å². The average molecular weight is 396 g/mol. The van der Waals surface area contributed by atoms with E-state index in [1.165, 1.54) is 5.01 Å². The Bertz CT molecular complexity index is 937. The van der Waals surface area contributed by atoms with Gasteiger partial charge >= 0.3 is 5.97 Å². The predicted octanol–water partition coefficient (Wildman–Crippen LogP) is 3.55. The number of carbonyl (C=O) groups excluding carboxylic acids is 1. The zero-order chi connectivity index (χ0) is 21.0. The summed E-state index contributed by atoms with van der Waals surface area (Å²) in [6.45, 7) is 2.01. The fourth-order valence-corrected chi connectivity index (χ4v) is 3.41. The van der Waals surface area contributed by atoms with Gasteiger partial charge in [-0.2, -0.15) is 5.10 Å². The van der Waals surface area contributed by atoms with Crippen molar-refractivity contribution >= 4 is 17.6 Å². The van der Waals surface area contributed by atoms with Crippen LogP contribution in [0.25, 0.3) is 0 Å². The third kappa shape index (κ3) is 4.39. The van der Waals surface area contributed by atoms with Gasteiger partial charge in [0.05, 0.1) is 32.4 Å². The van der Waals surface area contributed by atoms with Crippen LogP contribution in [0.3, 0.4) is 0 Å². The number of nitrogens with zero attached hydrogens (tertiary/aromatic N) is 2. The van der Waals surface area contributed by atoms with Crippen molar-refractivity contribution < 1.29 is 24.2 Å². The quantitative estimate of drug-likeness (QED) is 0.773. The minimum Gasteiger partial charge on any atom is -0.493 e. The Balaban J connectivity index is 1.99. The molecule has 0 aromatic heterocycles. The molecule has 1 aliphatic rings. The third-order valence-corrected chi connectivity index (χ3v) is 4.90. The second-order valence-corrected chi connectivity index (χ2v) is 6.85. The zero-order valence-electron chi connectivity index (χ0n) is 16.7. The molecule has 1 heterocycles. The molecule has 7 heteroatoms. The number of rotatable bonds is 7. The Hall–Kier alpha value is -3.35. The number of hydrogen-bond donors (Lipinski definition) is 1. The van der Waals surface area contributed by atoms with Crippen molar-refractivity contribution in [2.75, 3.05) is 14.2 Å². The first-order chi connectivity index (χ1) is 13.9. The highest BCUT2D eigenvalue weighted by atomic mass is 16.5. The molecular formula is C22H24N2O5. The third-order valence-electron chi connectivity index (χ3n) is 4.90. The SMILES string of the molecule is COc1cccc([C@H]2CC(c3ccc(C)cc3)=NN2C(=O)CCC(=O)O)c1OC. The topological polar surface area (TPSA) is 88.4 Å². The molecule has 2 aromatic rings. The highest BCUT2D eigenvalue weighted by Gasteiger charge is 2.35. The van der Waals surface area contributed by atoms with Crippen molar-refractivity contribution in [3.8, 4) is 11.5 Å². The first kappa shape index (κ1) is 20.4. The van der Waals surface area contributed by atoms with Crippen molar-refractivity contribution in [2.45, 2.75) is 32.2 Å². The molecule has 29 heavy (non-hydrogen) atoms. The number of carbonyl (C=O) groups is 2. The Morgan fingerprint density at radius 1 is 1.10 bits per heavy atom. The van der Waals surface area contributed by atoms with Crippen LogP contribution in [0.15, 0.2) is 47.6 Å². The lowest BCUT2D eigenvalue weighted by Crippen LogP contribution is -2.27. The second-order valence-electron chi connectivity index (χ2n) is 6.85. The van der Waals surface area contributed by atoms with Crippen LogP contribution in [0.2, 0.25) is 0 Å². The zero-order valence-corrected chi connectivity index (χ0v) is 16.7. The van der Waals surface area contributed by atoms with Gasteiger partial charge in [0.1, 0.15) is 0 Å². The smallest absolute Gasteiger partial charge is 0.303 e. The van der Waals surface area contributed by atoms with E-state index in [0.29, 0.717) is 17.9 Å². The van der Waals surface area contributed by atoms with E-state index in [0.717, 1.165) is 22.4 Å². The van der Waals surface area contributed by atoms with Crippen molar-refractivity contribution in [1.29, 1.82) is 0 Å². The maximum absolute atomic E-state index is 12.8. The summed E-state index contributed by atoms with van der Waals surface area (Å²) in [5.74, 6) is -0.261. The number of ether oxygens (including phenoxy) is 2. The molecule has 7 nitrogen and oxygen atoms in total. The van der Waals surface area contributed by atoms with Crippen molar-refractivity contribution in [3.63, 3.8) is 0 Å². The molecule has 0 aliphatic carbocycles. The second kappa shape index (κ2) is 8.77. The number of carboxylic acids is 1. The Kier molecular flexibility index (Phi) is 6.16. The number of para-hydroxylation sites is 1. The average Bonchev–Trinajstić information content (AvgIpc) is 3.17. The fourth-order valence-electron chi connectivity index (χ4n) is 3.41. The standard InChI is InChI=1S/C22H24N2O5/c1-14-7-9-15(10-8-14)17-13-18(24(23-17)20(25)11-12-21(26)27)16-5-4-6-19(28-2)22(16)29-3/h4-10,18H,11-13H2,1-3H3,(H,26,27)/t18-/m1/s1. The normalized spacial score (nSPS) is 15.8. The Morgan fingerprint density at radius 3 is 2.45 bits per heavy atom. The van der Waals surface area contributed by atoms with Gasteiger partial charge in [-0.25, -0.2) is 5.01 Å². The van der Waals surface area contributed by atoms with E-state index in [1.807, 2.05) is 43.3 Å². The molecule has 0 fully saturated rings. The van der Waals surface area contributed by atoms with Crippen LogP contribution in [0, 0.1) is 6.92 Å². The Morgan fingerprint density at radius 2 is 1.83 bits per heavy atom. The molecule has 152 valence electrons. The predicted molar refractivity (Wildman–Crippen MR) is 108 cm³/mol. The number of benzene rings is 2. The molecule has 0 saturated carbocycles. The summed E-state index contributed by atoms with van der Waals surface area (Å²) in [7, 11) is 3.11. The van der Waals surface area contributed by atoms with E-state index in [2.05, 4.69) is 5.10 Å². The van der Waals surface area contributed by atoms with Crippen LogP contribution in [-0.4, -0.2) is 41.9 Å². The lowest BCUT2D eigenvalue weighted by molar-refractivity contribution is -0.141. The Labute approximate surface area is 169 Å². The molecule has 1 N–H and O–H groups in total. The van der Waals surface area contributed by atoms with Crippen LogP contribution in [0.1, 0.15) is 42.0 Å². The molecule has 0 radical (unpaired) electrons. The first-order valence-electron chi connectivity index (χ1n) is 9.33. The lowest BCUT2D eigenvalue weighted by Gasteiger charge is -2.24. The van der Waals surface area contributed by atoms with Crippen LogP contribution in [-0.2, 0) is 9.59 Å². The largest absolute Gasteiger partial charge is 0.493 e. The van der Waals surface area contributed by atoms with Crippen molar-refractivity contribution in [3.05, 3.63) is 59.2 Å². The maximum Gasteiger partial charge on any atom is 0.303 e. The monoisotopic (exact) mass is 396 g/mol. The van der Waals surface area contributed by atoms with Crippen LogP contribution in [0.5, 0.6) is 11.5 Å².